The van der Waals surface area contributed by atoms with Gasteiger partial charge in [-0.2, -0.15) is 0 Å². The Morgan fingerprint density at radius 2 is 1.95 bits per heavy atom. The maximum atomic E-state index is 11.8. The number of likely N-dealkylation sites (N-methyl/N-ethyl adjacent to an activating group) is 1. The average Bonchev–Trinajstić information content (AvgIpc) is 2.72. The number of carbonyl (C=O) groups is 2. The van der Waals surface area contributed by atoms with Crippen LogP contribution >= 0.6 is 0 Å². The summed E-state index contributed by atoms with van der Waals surface area (Å²) in [6, 6.07) is 6.74. The first kappa shape index (κ1) is 15.3. The molecule has 1 fully saturated rings. The maximum absolute atomic E-state index is 11.8. The lowest BCUT2D eigenvalue weighted by molar-refractivity contribution is -0.125. The molecule has 2 N–H and O–H groups in total. The molecule has 114 valence electrons. The fraction of sp³-hybridized carbons (Fsp3) is 0.467. The van der Waals surface area contributed by atoms with E-state index in [1.165, 1.54) is 9.80 Å². The van der Waals surface area contributed by atoms with Crippen molar-refractivity contribution in [3.63, 3.8) is 0 Å². The minimum atomic E-state index is -0.398. The van der Waals surface area contributed by atoms with Gasteiger partial charge in [0.05, 0.1) is 6.61 Å². The smallest absolute Gasteiger partial charge is 0.327 e. The van der Waals surface area contributed by atoms with E-state index in [4.69, 9.17) is 10.5 Å². The third-order valence-electron chi connectivity index (χ3n) is 3.39. The van der Waals surface area contributed by atoms with Crippen LogP contribution in [-0.4, -0.2) is 48.5 Å². The Morgan fingerprint density at radius 3 is 2.48 bits per heavy atom. The third kappa shape index (κ3) is 3.52. The van der Waals surface area contributed by atoms with Crippen LogP contribution < -0.4 is 10.5 Å². The summed E-state index contributed by atoms with van der Waals surface area (Å²) in [6.45, 7) is 3.03. The van der Waals surface area contributed by atoms with Crippen molar-refractivity contribution in [1.82, 2.24) is 9.80 Å². The van der Waals surface area contributed by atoms with Crippen LogP contribution in [0, 0.1) is 0 Å². The topological polar surface area (TPSA) is 75.9 Å². The summed E-state index contributed by atoms with van der Waals surface area (Å²) in [5.74, 6) is 0.585. The molecular weight excluding hydrogens is 270 g/mol. The summed E-state index contributed by atoms with van der Waals surface area (Å²) in [6.07, 6.45) is 0.952. The Labute approximate surface area is 124 Å². The van der Waals surface area contributed by atoms with Gasteiger partial charge in [-0.1, -0.05) is 19.1 Å². The van der Waals surface area contributed by atoms with E-state index in [-0.39, 0.29) is 25.0 Å². The van der Waals surface area contributed by atoms with Crippen molar-refractivity contribution < 1.29 is 14.3 Å². The van der Waals surface area contributed by atoms with E-state index in [0.29, 0.717) is 6.61 Å². The Bertz CT molecular complexity index is 515. The van der Waals surface area contributed by atoms with Crippen molar-refractivity contribution in [2.24, 2.45) is 5.73 Å². The molecule has 0 aliphatic carbocycles. The second kappa shape index (κ2) is 6.58. The molecule has 1 aliphatic rings. The van der Waals surface area contributed by atoms with Crippen LogP contribution in [0.3, 0.4) is 0 Å². The standard InChI is InChI=1S/C15H21N3O3/c1-3-8-21-12-6-4-11(5-7-12)13(16)9-18-14(19)10-17(2)15(18)20/h4-7,13H,3,8-10,16H2,1-2H3. The first-order valence-corrected chi connectivity index (χ1v) is 7.06. The van der Waals surface area contributed by atoms with E-state index in [1.807, 2.05) is 31.2 Å². The summed E-state index contributed by atoms with van der Waals surface area (Å²) in [7, 11) is 1.60. The van der Waals surface area contributed by atoms with Gasteiger partial charge in [-0.25, -0.2) is 4.79 Å². The molecule has 6 heteroatoms. The normalized spacial score (nSPS) is 16.5. The van der Waals surface area contributed by atoms with Crippen molar-refractivity contribution in [2.45, 2.75) is 19.4 Å². The molecule has 1 aromatic carbocycles. The maximum Gasteiger partial charge on any atom is 0.327 e. The summed E-state index contributed by atoms with van der Waals surface area (Å²) in [5.41, 5.74) is 6.96. The molecule has 0 radical (unpaired) electrons. The fourth-order valence-corrected chi connectivity index (χ4v) is 2.18. The molecule has 0 spiro atoms. The number of benzene rings is 1. The average molecular weight is 291 g/mol. The third-order valence-corrected chi connectivity index (χ3v) is 3.39. The van der Waals surface area contributed by atoms with Crippen LogP contribution in [0.15, 0.2) is 24.3 Å². The number of nitrogens with two attached hydrogens (primary N) is 1. The first-order chi connectivity index (χ1) is 10.0. The second-order valence-electron chi connectivity index (χ2n) is 5.17. The predicted octanol–water partition coefficient (Wildman–Crippen LogP) is 1.37. The van der Waals surface area contributed by atoms with Gasteiger partial charge in [0.2, 0.25) is 5.91 Å². The Kier molecular flexibility index (Phi) is 4.80. The highest BCUT2D eigenvalue weighted by molar-refractivity contribution is 6.01. The number of carbonyl (C=O) groups excluding carboxylic acids is 2. The predicted molar refractivity (Wildman–Crippen MR) is 78.9 cm³/mol. The van der Waals surface area contributed by atoms with E-state index in [1.54, 1.807) is 7.05 Å². The lowest BCUT2D eigenvalue weighted by Gasteiger charge is -2.19. The van der Waals surface area contributed by atoms with Crippen LogP contribution in [0.5, 0.6) is 5.75 Å². The van der Waals surface area contributed by atoms with Crippen molar-refractivity contribution in [2.75, 3.05) is 26.7 Å². The molecule has 1 aromatic rings. The SMILES string of the molecule is CCCOc1ccc(C(N)CN2C(=O)CN(C)C2=O)cc1. The van der Waals surface area contributed by atoms with E-state index >= 15 is 0 Å². The zero-order chi connectivity index (χ0) is 15.4. The summed E-state index contributed by atoms with van der Waals surface area (Å²) >= 11 is 0. The van der Waals surface area contributed by atoms with Crippen molar-refractivity contribution in [1.29, 1.82) is 0 Å². The number of rotatable bonds is 6. The highest BCUT2D eigenvalue weighted by Gasteiger charge is 2.34. The van der Waals surface area contributed by atoms with Crippen LogP contribution in [-0.2, 0) is 4.79 Å². The lowest BCUT2D eigenvalue weighted by Crippen LogP contribution is -2.37. The molecular formula is C15H21N3O3. The van der Waals surface area contributed by atoms with E-state index in [9.17, 15) is 9.59 Å². The number of hydrogen-bond donors (Lipinski definition) is 1. The molecule has 1 heterocycles. The summed E-state index contributed by atoms with van der Waals surface area (Å²) in [4.78, 5) is 26.1. The minimum Gasteiger partial charge on any atom is -0.494 e. The lowest BCUT2D eigenvalue weighted by atomic mass is 10.1. The summed E-state index contributed by atoms with van der Waals surface area (Å²) in [5, 5.41) is 0. The molecule has 0 aromatic heterocycles. The zero-order valence-corrected chi connectivity index (χ0v) is 12.4. The van der Waals surface area contributed by atoms with Crippen molar-refractivity contribution in [3.05, 3.63) is 29.8 Å². The van der Waals surface area contributed by atoms with Gasteiger partial charge >= 0.3 is 6.03 Å². The molecule has 1 atom stereocenters. The molecule has 21 heavy (non-hydrogen) atoms. The molecule has 0 bridgehead atoms. The van der Waals surface area contributed by atoms with Crippen molar-refractivity contribution in [3.8, 4) is 5.75 Å². The van der Waals surface area contributed by atoms with Gasteiger partial charge < -0.3 is 15.4 Å². The van der Waals surface area contributed by atoms with Gasteiger partial charge in [0, 0.05) is 19.6 Å². The molecule has 1 aliphatic heterocycles. The number of hydrogen-bond acceptors (Lipinski definition) is 4. The largest absolute Gasteiger partial charge is 0.494 e. The molecule has 0 saturated carbocycles. The first-order valence-electron chi connectivity index (χ1n) is 7.06. The molecule has 6 nitrogen and oxygen atoms in total. The number of nitrogens with zero attached hydrogens (tertiary/aromatic N) is 2. The zero-order valence-electron chi connectivity index (χ0n) is 12.4. The van der Waals surface area contributed by atoms with Gasteiger partial charge in [0.1, 0.15) is 12.3 Å². The fourth-order valence-electron chi connectivity index (χ4n) is 2.18. The number of ether oxygens (including phenoxy) is 1. The Balaban J connectivity index is 1.98. The van der Waals surface area contributed by atoms with Gasteiger partial charge in [-0.05, 0) is 24.1 Å². The summed E-state index contributed by atoms with van der Waals surface area (Å²) < 4.78 is 5.51. The number of urea groups is 1. The van der Waals surface area contributed by atoms with Crippen LogP contribution in [0.25, 0.3) is 0 Å². The van der Waals surface area contributed by atoms with Gasteiger partial charge in [-0.3, -0.25) is 9.69 Å². The van der Waals surface area contributed by atoms with E-state index < -0.39 is 6.04 Å². The van der Waals surface area contributed by atoms with Crippen LogP contribution in [0.1, 0.15) is 24.9 Å². The minimum absolute atomic E-state index is 0.120. The Hall–Kier alpha value is -2.08. The molecule has 1 unspecified atom stereocenters. The quantitative estimate of drug-likeness (QED) is 0.803. The highest BCUT2D eigenvalue weighted by atomic mass is 16.5. The van der Waals surface area contributed by atoms with Crippen molar-refractivity contribution >= 4 is 11.9 Å². The van der Waals surface area contributed by atoms with E-state index in [2.05, 4.69) is 0 Å². The number of imide groups is 1. The molecule has 2 rings (SSSR count). The number of amides is 3. The van der Waals surface area contributed by atoms with Gasteiger partial charge in [-0.15, -0.1) is 0 Å². The molecule has 1 saturated heterocycles. The van der Waals surface area contributed by atoms with E-state index in [0.717, 1.165) is 17.7 Å². The Morgan fingerprint density at radius 1 is 1.29 bits per heavy atom. The molecule has 3 amide bonds. The van der Waals surface area contributed by atoms with Gasteiger partial charge in [0.25, 0.3) is 0 Å². The highest BCUT2D eigenvalue weighted by Crippen LogP contribution is 2.19. The monoisotopic (exact) mass is 291 g/mol. The second-order valence-corrected chi connectivity index (χ2v) is 5.17. The van der Waals surface area contributed by atoms with Gasteiger partial charge in [0.15, 0.2) is 0 Å². The van der Waals surface area contributed by atoms with Crippen LogP contribution in [0.2, 0.25) is 0 Å². The van der Waals surface area contributed by atoms with Crippen LogP contribution in [0.4, 0.5) is 4.79 Å².